The van der Waals surface area contributed by atoms with E-state index < -0.39 is 5.97 Å². The maximum atomic E-state index is 11.9. The van der Waals surface area contributed by atoms with Crippen LogP contribution in [0.15, 0.2) is 48.5 Å². The SMILES string of the molecule is O=C(CCc1ccccc1)Nc1cc(Cl)cc(C(=O)O)c1. The summed E-state index contributed by atoms with van der Waals surface area (Å²) in [5.74, 6) is -1.27. The standard InChI is InChI=1S/C16H14ClNO3/c17-13-8-12(16(20)21)9-14(10-13)18-15(19)7-6-11-4-2-1-3-5-11/h1-5,8-10H,6-7H2,(H,18,19)(H,20,21). The van der Waals surface area contributed by atoms with Gasteiger partial charge in [-0.2, -0.15) is 0 Å². The fourth-order valence-corrected chi connectivity index (χ4v) is 2.15. The summed E-state index contributed by atoms with van der Waals surface area (Å²) in [6, 6.07) is 13.9. The van der Waals surface area contributed by atoms with Crippen molar-refractivity contribution in [3.8, 4) is 0 Å². The van der Waals surface area contributed by atoms with Gasteiger partial charge in [-0.05, 0) is 30.2 Å². The molecule has 0 saturated carbocycles. The van der Waals surface area contributed by atoms with Gasteiger partial charge in [-0.25, -0.2) is 4.79 Å². The number of carbonyl (C=O) groups is 2. The molecule has 0 atom stereocenters. The van der Waals surface area contributed by atoms with E-state index in [-0.39, 0.29) is 16.5 Å². The predicted octanol–water partition coefficient (Wildman–Crippen LogP) is 3.61. The Bertz CT molecular complexity index is 656. The largest absolute Gasteiger partial charge is 0.478 e. The third kappa shape index (κ3) is 4.61. The van der Waals surface area contributed by atoms with E-state index >= 15 is 0 Å². The second-order valence-corrected chi connectivity index (χ2v) is 5.00. The Kier molecular flexibility index (Phi) is 4.95. The highest BCUT2D eigenvalue weighted by Crippen LogP contribution is 2.19. The third-order valence-electron chi connectivity index (χ3n) is 2.91. The van der Waals surface area contributed by atoms with E-state index in [9.17, 15) is 9.59 Å². The number of halogens is 1. The van der Waals surface area contributed by atoms with E-state index in [1.165, 1.54) is 18.2 Å². The lowest BCUT2D eigenvalue weighted by molar-refractivity contribution is -0.116. The number of anilines is 1. The molecule has 0 aliphatic heterocycles. The Labute approximate surface area is 127 Å². The number of rotatable bonds is 5. The molecule has 4 nitrogen and oxygen atoms in total. The summed E-state index contributed by atoms with van der Waals surface area (Å²) in [5, 5.41) is 11.9. The lowest BCUT2D eigenvalue weighted by Gasteiger charge is -2.07. The molecule has 0 unspecified atom stereocenters. The molecule has 0 aliphatic rings. The number of aromatic carboxylic acids is 1. The molecule has 108 valence electrons. The molecule has 0 spiro atoms. The number of amides is 1. The monoisotopic (exact) mass is 303 g/mol. The van der Waals surface area contributed by atoms with Crippen LogP contribution in [0.5, 0.6) is 0 Å². The number of aryl methyl sites for hydroxylation is 1. The maximum absolute atomic E-state index is 11.9. The Hall–Kier alpha value is -2.33. The van der Waals surface area contributed by atoms with Crippen molar-refractivity contribution in [1.82, 2.24) is 0 Å². The van der Waals surface area contributed by atoms with Gasteiger partial charge in [-0.15, -0.1) is 0 Å². The number of hydrogen-bond acceptors (Lipinski definition) is 2. The second-order valence-electron chi connectivity index (χ2n) is 4.57. The van der Waals surface area contributed by atoms with Crippen molar-refractivity contribution in [3.05, 3.63) is 64.7 Å². The first-order valence-corrected chi connectivity index (χ1v) is 6.80. The number of benzene rings is 2. The van der Waals surface area contributed by atoms with E-state index in [1.807, 2.05) is 30.3 Å². The van der Waals surface area contributed by atoms with Crippen LogP contribution in [0.1, 0.15) is 22.3 Å². The summed E-state index contributed by atoms with van der Waals surface area (Å²) in [4.78, 5) is 22.8. The van der Waals surface area contributed by atoms with Crippen molar-refractivity contribution in [2.45, 2.75) is 12.8 Å². The Balaban J connectivity index is 1.98. The van der Waals surface area contributed by atoms with Crippen LogP contribution in [0.3, 0.4) is 0 Å². The first-order chi connectivity index (χ1) is 10.0. The zero-order chi connectivity index (χ0) is 15.2. The van der Waals surface area contributed by atoms with Gasteiger partial charge in [-0.1, -0.05) is 41.9 Å². The quantitative estimate of drug-likeness (QED) is 0.886. The van der Waals surface area contributed by atoms with Crippen LogP contribution in [-0.4, -0.2) is 17.0 Å². The van der Waals surface area contributed by atoms with Gasteiger partial charge < -0.3 is 10.4 Å². The number of nitrogens with one attached hydrogen (secondary N) is 1. The molecule has 0 heterocycles. The predicted molar refractivity (Wildman–Crippen MR) is 81.8 cm³/mol. The van der Waals surface area contributed by atoms with Crippen molar-refractivity contribution >= 4 is 29.2 Å². The summed E-state index contributed by atoms with van der Waals surface area (Å²) in [5.41, 5.74) is 1.50. The smallest absolute Gasteiger partial charge is 0.335 e. The highest BCUT2D eigenvalue weighted by molar-refractivity contribution is 6.31. The summed E-state index contributed by atoms with van der Waals surface area (Å²) in [6.45, 7) is 0. The van der Waals surface area contributed by atoms with Crippen LogP contribution in [-0.2, 0) is 11.2 Å². The molecular weight excluding hydrogens is 290 g/mol. The van der Waals surface area contributed by atoms with E-state index in [0.717, 1.165) is 5.56 Å². The molecule has 2 rings (SSSR count). The molecule has 2 aromatic rings. The van der Waals surface area contributed by atoms with Gasteiger partial charge in [0.1, 0.15) is 0 Å². The van der Waals surface area contributed by atoms with Gasteiger partial charge in [0.15, 0.2) is 0 Å². The van der Waals surface area contributed by atoms with Gasteiger partial charge in [0.25, 0.3) is 0 Å². The molecule has 0 fully saturated rings. The average molecular weight is 304 g/mol. The molecule has 2 aromatic carbocycles. The number of hydrogen-bond donors (Lipinski definition) is 2. The second kappa shape index (κ2) is 6.90. The molecule has 0 aliphatic carbocycles. The summed E-state index contributed by atoms with van der Waals surface area (Å²) in [7, 11) is 0. The molecule has 5 heteroatoms. The zero-order valence-electron chi connectivity index (χ0n) is 11.2. The van der Waals surface area contributed by atoms with Crippen molar-refractivity contribution in [3.63, 3.8) is 0 Å². The first-order valence-electron chi connectivity index (χ1n) is 6.42. The highest BCUT2D eigenvalue weighted by atomic mass is 35.5. The highest BCUT2D eigenvalue weighted by Gasteiger charge is 2.09. The maximum Gasteiger partial charge on any atom is 0.335 e. The van der Waals surface area contributed by atoms with Crippen LogP contribution >= 0.6 is 11.6 Å². The number of carbonyl (C=O) groups excluding carboxylic acids is 1. The van der Waals surface area contributed by atoms with E-state index in [1.54, 1.807) is 0 Å². The number of carboxylic acid groups (broad SMARTS) is 1. The van der Waals surface area contributed by atoms with Gasteiger partial charge in [-0.3, -0.25) is 4.79 Å². The van der Waals surface area contributed by atoms with E-state index in [0.29, 0.717) is 18.5 Å². The Morgan fingerprint density at radius 2 is 1.81 bits per heavy atom. The summed E-state index contributed by atoms with van der Waals surface area (Å²) < 4.78 is 0. The van der Waals surface area contributed by atoms with Crippen LogP contribution in [0.4, 0.5) is 5.69 Å². The fourth-order valence-electron chi connectivity index (χ4n) is 1.91. The Morgan fingerprint density at radius 1 is 1.10 bits per heavy atom. The Morgan fingerprint density at radius 3 is 2.48 bits per heavy atom. The lowest BCUT2D eigenvalue weighted by Crippen LogP contribution is -2.13. The van der Waals surface area contributed by atoms with E-state index in [2.05, 4.69) is 5.32 Å². The zero-order valence-corrected chi connectivity index (χ0v) is 11.9. The normalized spacial score (nSPS) is 10.1. The van der Waals surface area contributed by atoms with E-state index in [4.69, 9.17) is 16.7 Å². The minimum Gasteiger partial charge on any atom is -0.478 e. The molecule has 0 aromatic heterocycles. The molecular formula is C16H14ClNO3. The lowest BCUT2D eigenvalue weighted by atomic mass is 10.1. The van der Waals surface area contributed by atoms with Crippen molar-refractivity contribution in [2.75, 3.05) is 5.32 Å². The van der Waals surface area contributed by atoms with Crippen molar-refractivity contribution in [1.29, 1.82) is 0 Å². The summed E-state index contributed by atoms with van der Waals surface area (Å²) >= 11 is 5.84. The van der Waals surface area contributed by atoms with Crippen LogP contribution in [0.25, 0.3) is 0 Å². The molecule has 1 amide bonds. The summed E-state index contributed by atoms with van der Waals surface area (Å²) in [6.07, 6.45) is 0.942. The first kappa shape index (κ1) is 15.1. The van der Waals surface area contributed by atoms with Crippen molar-refractivity contribution < 1.29 is 14.7 Å². The topological polar surface area (TPSA) is 66.4 Å². The molecule has 21 heavy (non-hydrogen) atoms. The minimum atomic E-state index is -1.09. The van der Waals surface area contributed by atoms with Crippen molar-refractivity contribution in [2.24, 2.45) is 0 Å². The van der Waals surface area contributed by atoms with Crippen LogP contribution in [0.2, 0.25) is 5.02 Å². The van der Waals surface area contributed by atoms with Gasteiger partial charge in [0.2, 0.25) is 5.91 Å². The molecule has 0 saturated heterocycles. The van der Waals surface area contributed by atoms with Crippen LogP contribution < -0.4 is 5.32 Å². The van der Waals surface area contributed by atoms with Gasteiger partial charge in [0, 0.05) is 17.1 Å². The fraction of sp³-hybridized carbons (Fsp3) is 0.125. The minimum absolute atomic E-state index is 0.0425. The molecule has 0 radical (unpaired) electrons. The number of carboxylic acids is 1. The van der Waals surface area contributed by atoms with Gasteiger partial charge >= 0.3 is 5.97 Å². The van der Waals surface area contributed by atoms with Gasteiger partial charge in [0.05, 0.1) is 5.56 Å². The molecule has 2 N–H and O–H groups in total. The van der Waals surface area contributed by atoms with Crippen LogP contribution in [0, 0.1) is 0 Å². The molecule has 0 bridgehead atoms. The third-order valence-corrected chi connectivity index (χ3v) is 3.13. The average Bonchev–Trinajstić information content (AvgIpc) is 2.45.